The quantitative estimate of drug-likeness (QED) is 0.854. The molecule has 2 N–H and O–H groups in total. The van der Waals surface area contributed by atoms with E-state index in [1.54, 1.807) is 19.1 Å². The van der Waals surface area contributed by atoms with E-state index >= 15 is 0 Å². The van der Waals surface area contributed by atoms with Gasteiger partial charge in [0, 0.05) is 19.6 Å². The van der Waals surface area contributed by atoms with E-state index in [1.165, 1.54) is 0 Å². The highest BCUT2D eigenvalue weighted by atomic mass is 16.5. The summed E-state index contributed by atoms with van der Waals surface area (Å²) in [5.41, 5.74) is 7.34. The molecule has 1 amide bonds. The molecule has 1 saturated carbocycles. The number of methoxy groups -OCH3 is 2. The molecule has 1 aromatic carbocycles. The first-order chi connectivity index (χ1) is 13.5. The van der Waals surface area contributed by atoms with Gasteiger partial charge in [0.1, 0.15) is 0 Å². The Morgan fingerprint density at radius 2 is 2.11 bits per heavy atom. The second kappa shape index (κ2) is 6.87. The summed E-state index contributed by atoms with van der Waals surface area (Å²) >= 11 is 0. The Hall–Kier alpha value is -2.43. The van der Waals surface area contributed by atoms with Gasteiger partial charge in [0.25, 0.3) is 5.91 Å². The van der Waals surface area contributed by atoms with Gasteiger partial charge in [-0.05, 0) is 55.4 Å². The minimum absolute atomic E-state index is 0.0910. The number of nitrogens with two attached hydrogens (primary N) is 1. The summed E-state index contributed by atoms with van der Waals surface area (Å²) in [6, 6.07) is 7.83. The number of hydrogen-bond donors (Lipinski definition) is 1. The fourth-order valence-corrected chi connectivity index (χ4v) is 5.33. The molecule has 28 heavy (non-hydrogen) atoms. The number of amides is 1. The average molecular weight is 382 g/mol. The van der Waals surface area contributed by atoms with E-state index in [0.717, 1.165) is 43.2 Å². The van der Waals surface area contributed by atoms with Gasteiger partial charge in [-0.1, -0.05) is 6.07 Å². The Bertz CT molecular complexity index is 867. The Morgan fingerprint density at radius 1 is 1.36 bits per heavy atom. The SMILES string of the molecule is COCCN1C(=O)C2(N=C1N)c1cc(C#N)ccc1C[C@]21CC[C@@H](OC)CC1. The second-order valence-corrected chi connectivity index (χ2v) is 8.01. The van der Waals surface area contributed by atoms with Gasteiger partial charge >= 0.3 is 0 Å². The summed E-state index contributed by atoms with van der Waals surface area (Å²) in [5, 5.41) is 9.42. The Kier molecular flexibility index (Phi) is 4.64. The van der Waals surface area contributed by atoms with Gasteiger partial charge in [0.05, 0.1) is 30.9 Å². The van der Waals surface area contributed by atoms with Gasteiger partial charge in [0.2, 0.25) is 0 Å². The number of benzene rings is 1. The van der Waals surface area contributed by atoms with Crippen molar-refractivity contribution in [3.8, 4) is 6.07 Å². The number of ether oxygens (including phenoxy) is 2. The number of rotatable bonds is 4. The van der Waals surface area contributed by atoms with Gasteiger partial charge in [-0.3, -0.25) is 9.69 Å². The van der Waals surface area contributed by atoms with E-state index in [2.05, 4.69) is 6.07 Å². The number of carbonyl (C=O) groups excluding carboxylic acids is 1. The third kappa shape index (κ3) is 2.48. The first-order valence-corrected chi connectivity index (χ1v) is 9.74. The van der Waals surface area contributed by atoms with Crippen LogP contribution in [0.25, 0.3) is 0 Å². The van der Waals surface area contributed by atoms with Crippen molar-refractivity contribution in [3.63, 3.8) is 0 Å². The largest absolute Gasteiger partial charge is 0.383 e. The maximum Gasteiger partial charge on any atom is 0.262 e. The molecule has 0 bridgehead atoms. The number of nitrogens with zero attached hydrogens (tertiary/aromatic N) is 3. The van der Waals surface area contributed by atoms with Crippen LogP contribution >= 0.6 is 0 Å². The second-order valence-electron chi connectivity index (χ2n) is 8.01. The fraction of sp³-hybridized carbons (Fsp3) is 0.571. The van der Waals surface area contributed by atoms with Crippen LogP contribution in [-0.2, 0) is 26.2 Å². The molecule has 1 unspecified atom stereocenters. The van der Waals surface area contributed by atoms with Crippen LogP contribution in [-0.4, -0.2) is 50.2 Å². The zero-order valence-electron chi connectivity index (χ0n) is 16.4. The predicted molar refractivity (Wildman–Crippen MR) is 103 cm³/mol. The van der Waals surface area contributed by atoms with Crippen LogP contribution in [0.4, 0.5) is 0 Å². The van der Waals surface area contributed by atoms with Crippen LogP contribution in [0.3, 0.4) is 0 Å². The highest BCUT2D eigenvalue weighted by molar-refractivity contribution is 6.08. The maximum absolute atomic E-state index is 13.8. The van der Waals surface area contributed by atoms with Gasteiger partial charge in [-0.25, -0.2) is 4.99 Å². The van der Waals surface area contributed by atoms with E-state index in [1.807, 2.05) is 18.2 Å². The van der Waals surface area contributed by atoms with Crippen molar-refractivity contribution in [1.82, 2.24) is 4.90 Å². The zero-order chi connectivity index (χ0) is 19.9. The highest BCUT2D eigenvalue weighted by Crippen LogP contribution is 2.61. The van der Waals surface area contributed by atoms with Crippen LogP contribution in [0.1, 0.15) is 42.4 Å². The molecule has 148 valence electrons. The third-order valence-corrected chi connectivity index (χ3v) is 6.78. The Morgan fingerprint density at radius 3 is 2.75 bits per heavy atom. The van der Waals surface area contributed by atoms with Crippen LogP contribution < -0.4 is 5.73 Å². The number of carbonyl (C=O) groups is 1. The molecular weight excluding hydrogens is 356 g/mol. The van der Waals surface area contributed by atoms with Crippen molar-refractivity contribution in [3.05, 3.63) is 34.9 Å². The summed E-state index contributed by atoms with van der Waals surface area (Å²) in [6.07, 6.45) is 4.43. The lowest BCUT2D eigenvalue weighted by Crippen LogP contribution is -2.52. The molecule has 1 heterocycles. The molecule has 7 nitrogen and oxygen atoms in total. The minimum atomic E-state index is -1.05. The van der Waals surface area contributed by atoms with Gasteiger partial charge in [-0.2, -0.15) is 5.26 Å². The van der Waals surface area contributed by atoms with Crippen molar-refractivity contribution in [1.29, 1.82) is 5.26 Å². The molecule has 1 atom stereocenters. The van der Waals surface area contributed by atoms with Crippen molar-refractivity contribution in [2.45, 2.75) is 43.7 Å². The van der Waals surface area contributed by atoms with Gasteiger partial charge < -0.3 is 15.2 Å². The lowest BCUT2D eigenvalue weighted by Gasteiger charge is -2.45. The number of hydrogen-bond acceptors (Lipinski definition) is 6. The van der Waals surface area contributed by atoms with Crippen LogP contribution in [0.5, 0.6) is 0 Å². The lowest BCUT2D eigenvalue weighted by molar-refractivity contribution is -0.138. The summed E-state index contributed by atoms with van der Waals surface area (Å²) in [7, 11) is 3.34. The molecule has 2 aliphatic carbocycles. The number of guanidine groups is 1. The fourth-order valence-electron chi connectivity index (χ4n) is 5.33. The Balaban J connectivity index is 1.84. The molecule has 7 heteroatoms. The molecule has 4 rings (SSSR count). The molecule has 0 radical (unpaired) electrons. The van der Waals surface area contributed by atoms with Crippen LogP contribution in [0, 0.1) is 16.7 Å². The summed E-state index contributed by atoms with van der Waals surface area (Å²) in [4.78, 5) is 20.2. The molecule has 3 aliphatic rings. The number of nitriles is 1. The van der Waals surface area contributed by atoms with E-state index in [0.29, 0.717) is 18.7 Å². The van der Waals surface area contributed by atoms with E-state index in [9.17, 15) is 10.1 Å². The van der Waals surface area contributed by atoms with E-state index < -0.39 is 5.54 Å². The first-order valence-electron chi connectivity index (χ1n) is 9.74. The van der Waals surface area contributed by atoms with Crippen molar-refractivity contribution in [2.24, 2.45) is 16.1 Å². The number of aliphatic imine (C=N–C) groups is 1. The average Bonchev–Trinajstić information content (AvgIpc) is 3.12. The van der Waals surface area contributed by atoms with Crippen LogP contribution in [0.2, 0.25) is 0 Å². The minimum Gasteiger partial charge on any atom is -0.383 e. The monoisotopic (exact) mass is 382 g/mol. The summed E-state index contributed by atoms with van der Waals surface area (Å²) < 4.78 is 10.7. The molecular formula is C21H26N4O3. The van der Waals surface area contributed by atoms with Gasteiger partial charge in [0.15, 0.2) is 11.5 Å². The smallest absolute Gasteiger partial charge is 0.262 e. The maximum atomic E-state index is 13.8. The van der Waals surface area contributed by atoms with E-state index in [-0.39, 0.29) is 23.4 Å². The molecule has 0 saturated heterocycles. The standard InChI is InChI=1S/C21H26N4O3/c1-27-10-9-25-18(26)21(24-19(25)23)17-11-14(13-22)3-4-15(17)12-20(21)7-5-16(28-2)6-8-20/h3-4,11,16H,5-10,12H2,1-2H3,(H2,23,24)/t16-,20-,21?. The van der Waals surface area contributed by atoms with Crippen LogP contribution in [0.15, 0.2) is 23.2 Å². The normalized spacial score (nSPS) is 31.3. The third-order valence-electron chi connectivity index (χ3n) is 6.78. The Labute approximate surface area is 165 Å². The van der Waals surface area contributed by atoms with Crippen molar-refractivity contribution in [2.75, 3.05) is 27.4 Å². The molecule has 0 aromatic heterocycles. The molecule has 1 fully saturated rings. The van der Waals surface area contributed by atoms with Crippen molar-refractivity contribution >= 4 is 11.9 Å². The highest BCUT2D eigenvalue weighted by Gasteiger charge is 2.66. The topological polar surface area (TPSA) is 101 Å². The van der Waals surface area contributed by atoms with E-state index in [4.69, 9.17) is 20.2 Å². The number of fused-ring (bicyclic) bond motifs is 3. The lowest BCUT2D eigenvalue weighted by atomic mass is 9.61. The summed E-state index contributed by atoms with van der Waals surface area (Å²) in [6.45, 7) is 0.762. The predicted octanol–water partition coefficient (Wildman–Crippen LogP) is 1.69. The molecule has 2 spiro atoms. The van der Waals surface area contributed by atoms with Gasteiger partial charge in [-0.15, -0.1) is 0 Å². The molecule has 1 aromatic rings. The zero-order valence-corrected chi connectivity index (χ0v) is 16.4. The summed E-state index contributed by atoms with van der Waals surface area (Å²) in [5.74, 6) is 0.150. The van der Waals surface area contributed by atoms with Crippen molar-refractivity contribution < 1.29 is 14.3 Å². The first kappa shape index (κ1) is 18.9. The molecule has 1 aliphatic heterocycles.